The van der Waals surface area contributed by atoms with Crippen molar-refractivity contribution in [3.63, 3.8) is 0 Å². The van der Waals surface area contributed by atoms with Crippen LogP contribution in [0.2, 0.25) is 0 Å². The van der Waals surface area contributed by atoms with Crippen LogP contribution in [0.15, 0.2) is 0 Å². The van der Waals surface area contributed by atoms with Crippen molar-refractivity contribution >= 4 is 5.78 Å². The molecule has 0 aliphatic rings. The number of carbonyl (C=O) groups excluding carboxylic acids is 1. The second-order valence-corrected chi connectivity index (χ2v) is 1.67. The van der Waals surface area contributed by atoms with Gasteiger partial charge in [0, 0.05) is 6.42 Å². The average molecular weight is 111 g/mol. The molecular formula is C6H9NO. The van der Waals surface area contributed by atoms with Crippen molar-refractivity contribution in [3.05, 3.63) is 0 Å². The third kappa shape index (κ3) is 1.74. The molecule has 0 heterocycles. The Kier molecular flexibility index (Phi) is 2.86. The van der Waals surface area contributed by atoms with E-state index in [0.29, 0.717) is 6.42 Å². The van der Waals surface area contributed by atoms with E-state index in [2.05, 4.69) is 0 Å². The topological polar surface area (TPSA) is 40.9 Å². The fraction of sp³-hybridized carbons (Fsp3) is 0.667. The van der Waals surface area contributed by atoms with Crippen LogP contribution in [0.5, 0.6) is 0 Å². The monoisotopic (exact) mass is 111 g/mol. The molecule has 0 aromatic rings. The first kappa shape index (κ1) is 7.16. The Balaban J connectivity index is 3.68. The van der Waals surface area contributed by atoms with Gasteiger partial charge < -0.3 is 0 Å². The molecule has 44 valence electrons. The average Bonchev–Trinajstić information content (AvgIpc) is 1.84. The van der Waals surface area contributed by atoms with Crippen molar-refractivity contribution < 1.29 is 4.79 Å². The van der Waals surface area contributed by atoms with Crippen LogP contribution >= 0.6 is 0 Å². The maximum absolute atomic E-state index is 10.5. The van der Waals surface area contributed by atoms with Gasteiger partial charge >= 0.3 is 0 Å². The first-order chi connectivity index (χ1) is 3.72. The van der Waals surface area contributed by atoms with Crippen LogP contribution in [-0.2, 0) is 4.79 Å². The van der Waals surface area contributed by atoms with Gasteiger partial charge in [-0.15, -0.1) is 0 Å². The molecule has 0 saturated carbocycles. The van der Waals surface area contributed by atoms with E-state index in [0.717, 1.165) is 0 Å². The first-order valence-electron chi connectivity index (χ1n) is 2.64. The Labute approximate surface area is 49.1 Å². The highest BCUT2D eigenvalue weighted by Gasteiger charge is 2.06. The molecule has 2 heteroatoms. The number of carbonyl (C=O) groups is 1. The minimum Gasteiger partial charge on any atom is -0.298 e. The van der Waals surface area contributed by atoms with Crippen molar-refractivity contribution in [1.82, 2.24) is 0 Å². The lowest BCUT2D eigenvalue weighted by molar-refractivity contribution is -0.120. The SMILES string of the molecule is CCC(=O)[C@@H](C)C#N. The normalized spacial score (nSPS) is 12.1. The Hall–Kier alpha value is -0.840. The summed E-state index contributed by atoms with van der Waals surface area (Å²) >= 11 is 0. The van der Waals surface area contributed by atoms with Gasteiger partial charge in [-0.25, -0.2) is 0 Å². The molecule has 0 N–H and O–H groups in total. The second kappa shape index (κ2) is 3.20. The van der Waals surface area contributed by atoms with Gasteiger partial charge in [-0.3, -0.25) is 4.79 Å². The summed E-state index contributed by atoms with van der Waals surface area (Å²) in [6.07, 6.45) is 0.467. The molecule has 0 aliphatic carbocycles. The van der Waals surface area contributed by atoms with Crippen molar-refractivity contribution in [1.29, 1.82) is 5.26 Å². The van der Waals surface area contributed by atoms with Gasteiger partial charge in [0.15, 0.2) is 0 Å². The van der Waals surface area contributed by atoms with Crippen LogP contribution < -0.4 is 0 Å². The fourth-order valence-corrected chi connectivity index (χ4v) is 0.378. The first-order valence-corrected chi connectivity index (χ1v) is 2.64. The maximum Gasteiger partial charge on any atom is 0.149 e. The molecule has 0 radical (unpaired) electrons. The van der Waals surface area contributed by atoms with Gasteiger partial charge in [-0.05, 0) is 6.92 Å². The number of nitriles is 1. The molecule has 0 fully saturated rings. The smallest absolute Gasteiger partial charge is 0.149 e. The summed E-state index contributed by atoms with van der Waals surface area (Å²) in [5.74, 6) is -0.396. The lowest BCUT2D eigenvalue weighted by Crippen LogP contribution is -2.05. The number of hydrogen-bond donors (Lipinski definition) is 0. The molecule has 0 bridgehead atoms. The molecule has 1 atom stereocenters. The molecule has 0 unspecified atom stereocenters. The summed E-state index contributed by atoms with van der Waals surface area (Å²) < 4.78 is 0. The lowest BCUT2D eigenvalue weighted by atomic mass is 10.1. The second-order valence-electron chi connectivity index (χ2n) is 1.67. The Morgan fingerprint density at radius 3 is 2.50 bits per heavy atom. The summed E-state index contributed by atoms with van der Waals surface area (Å²) in [5.41, 5.74) is 0. The Morgan fingerprint density at radius 1 is 1.88 bits per heavy atom. The van der Waals surface area contributed by atoms with E-state index < -0.39 is 5.92 Å². The summed E-state index contributed by atoms with van der Waals surface area (Å²) in [5, 5.41) is 8.17. The van der Waals surface area contributed by atoms with Gasteiger partial charge in [-0.2, -0.15) is 5.26 Å². The van der Waals surface area contributed by atoms with E-state index in [1.165, 1.54) is 0 Å². The zero-order valence-corrected chi connectivity index (χ0v) is 5.14. The third-order valence-corrected chi connectivity index (χ3v) is 1.03. The zero-order chi connectivity index (χ0) is 6.57. The van der Waals surface area contributed by atoms with Crippen molar-refractivity contribution in [2.75, 3.05) is 0 Å². The van der Waals surface area contributed by atoms with E-state index in [1.54, 1.807) is 13.8 Å². The minimum absolute atomic E-state index is 0.0208. The zero-order valence-electron chi connectivity index (χ0n) is 5.14. The van der Waals surface area contributed by atoms with E-state index in [9.17, 15) is 4.79 Å². The van der Waals surface area contributed by atoms with Gasteiger partial charge in [0.25, 0.3) is 0 Å². The maximum atomic E-state index is 10.5. The molecule has 8 heavy (non-hydrogen) atoms. The van der Waals surface area contributed by atoms with Gasteiger partial charge in [0.05, 0.1) is 6.07 Å². The van der Waals surface area contributed by atoms with E-state index in [1.807, 2.05) is 6.07 Å². The Bertz CT molecular complexity index is 123. The molecule has 0 aliphatic heterocycles. The predicted molar refractivity (Wildman–Crippen MR) is 30.1 cm³/mol. The summed E-state index contributed by atoms with van der Waals surface area (Å²) in [4.78, 5) is 10.5. The van der Waals surface area contributed by atoms with Gasteiger partial charge in [-0.1, -0.05) is 6.92 Å². The standard InChI is InChI=1S/C6H9NO/c1-3-6(8)5(2)4-7/h5H,3H2,1-2H3/t5-/m0/s1. The van der Waals surface area contributed by atoms with Crippen LogP contribution in [0.25, 0.3) is 0 Å². The number of ketones is 1. The summed E-state index contributed by atoms with van der Waals surface area (Å²) in [6.45, 7) is 3.38. The summed E-state index contributed by atoms with van der Waals surface area (Å²) in [7, 11) is 0. The molecule has 0 aromatic heterocycles. The van der Waals surface area contributed by atoms with Gasteiger partial charge in [0.1, 0.15) is 11.7 Å². The minimum atomic E-state index is -0.417. The molecule has 0 saturated heterocycles. The number of Topliss-reactive ketones (excluding diaryl/α,β-unsaturated/α-hetero) is 1. The molecule has 0 spiro atoms. The highest BCUT2D eigenvalue weighted by Crippen LogP contribution is 1.96. The number of nitrogens with zero attached hydrogens (tertiary/aromatic N) is 1. The van der Waals surface area contributed by atoms with E-state index in [-0.39, 0.29) is 5.78 Å². The van der Waals surface area contributed by atoms with Gasteiger partial charge in [0.2, 0.25) is 0 Å². The van der Waals surface area contributed by atoms with Crippen molar-refractivity contribution in [2.24, 2.45) is 5.92 Å². The highest BCUT2D eigenvalue weighted by atomic mass is 16.1. The van der Waals surface area contributed by atoms with Crippen LogP contribution in [0.3, 0.4) is 0 Å². The van der Waals surface area contributed by atoms with Crippen LogP contribution in [0, 0.1) is 17.2 Å². The number of rotatable bonds is 2. The Morgan fingerprint density at radius 2 is 2.38 bits per heavy atom. The highest BCUT2D eigenvalue weighted by molar-refractivity contribution is 5.82. The third-order valence-electron chi connectivity index (χ3n) is 1.03. The molecule has 0 rings (SSSR count). The van der Waals surface area contributed by atoms with Crippen LogP contribution in [0.4, 0.5) is 0 Å². The van der Waals surface area contributed by atoms with E-state index in [4.69, 9.17) is 5.26 Å². The molecule has 0 amide bonds. The molecule has 2 nitrogen and oxygen atoms in total. The summed E-state index contributed by atoms with van der Waals surface area (Å²) in [6, 6.07) is 1.87. The number of hydrogen-bond acceptors (Lipinski definition) is 2. The molecular weight excluding hydrogens is 102 g/mol. The van der Waals surface area contributed by atoms with Crippen LogP contribution in [-0.4, -0.2) is 5.78 Å². The fourth-order valence-electron chi connectivity index (χ4n) is 0.378. The van der Waals surface area contributed by atoms with E-state index >= 15 is 0 Å². The largest absolute Gasteiger partial charge is 0.298 e. The van der Waals surface area contributed by atoms with Crippen molar-refractivity contribution in [3.8, 4) is 6.07 Å². The predicted octanol–water partition coefficient (Wildman–Crippen LogP) is 1.13. The van der Waals surface area contributed by atoms with Crippen LogP contribution in [0.1, 0.15) is 20.3 Å². The lowest BCUT2D eigenvalue weighted by Gasteiger charge is -1.93. The quantitative estimate of drug-likeness (QED) is 0.535. The van der Waals surface area contributed by atoms with Crippen molar-refractivity contribution in [2.45, 2.75) is 20.3 Å². The molecule has 0 aromatic carbocycles.